The molecule has 0 heterocycles. The van der Waals surface area contributed by atoms with Crippen LogP contribution in [0.1, 0.15) is 51.9 Å². The number of carboxylic acids is 1. The fourth-order valence-corrected chi connectivity index (χ4v) is 2.15. The molecule has 6 heteroatoms. The van der Waals surface area contributed by atoms with Gasteiger partial charge in [0.15, 0.2) is 6.10 Å². The van der Waals surface area contributed by atoms with Crippen molar-refractivity contribution < 1.29 is 19.6 Å². The van der Waals surface area contributed by atoms with Gasteiger partial charge in [-0.25, -0.2) is 4.79 Å². The Kier molecular flexibility index (Phi) is 7.96. The number of nitro groups is 1. The van der Waals surface area contributed by atoms with Crippen LogP contribution in [0.2, 0.25) is 0 Å². The van der Waals surface area contributed by atoms with Gasteiger partial charge in [0.2, 0.25) is 0 Å². The Hall–Kier alpha value is -2.11. The van der Waals surface area contributed by atoms with Crippen LogP contribution in [-0.2, 0) is 4.79 Å². The zero-order valence-electron chi connectivity index (χ0n) is 12.9. The second-order valence-electron chi connectivity index (χ2n) is 5.25. The summed E-state index contributed by atoms with van der Waals surface area (Å²) in [5.74, 6) is -0.670. The van der Waals surface area contributed by atoms with E-state index in [0.717, 1.165) is 19.3 Å². The molecule has 1 aromatic carbocycles. The molecule has 1 aromatic rings. The van der Waals surface area contributed by atoms with Crippen molar-refractivity contribution in [1.82, 2.24) is 0 Å². The molecule has 1 N–H and O–H groups in total. The Labute approximate surface area is 130 Å². The van der Waals surface area contributed by atoms with Gasteiger partial charge in [0.25, 0.3) is 5.69 Å². The van der Waals surface area contributed by atoms with E-state index in [9.17, 15) is 20.0 Å². The predicted octanol–water partition coefficient (Wildman–Crippen LogP) is 4.18. The molecule has 0 spiro atoms. The van der Waals surface area contributed by atoms with Crippen LogP contribution in [0.3, 0.4) is 0 Å². The molecule has 0 amide bonds. The Morgan fingerprint density at radius 3 is 2.32 bits per heavy atom. The number of carboxylic acid groups (broad SMARTS) is 1. The van der Waals surface area contributed by atoms with Gasteiger partial charge in [0, 0.05) is 12.1 Å². The lowest BCUT2D eigenvalue weighted by Crippen LogP contribution is -2.26. The third kappa shape index (κ3) is 6.56. The molecule has 0 aromatic heterocycles. The van der Waals surface area contributed by atoms with Gasteiger partial charge in [0.05, 0.1) is 4.92 Å². The van der Waals surface area contributed by atoms with Crippen LogP contribution in [0, 0.1) is 10.1 Å². The summed E-state index contributed by atoms with van der Waals surface area (Å²) in [4.78, 5) is 21.3. The van der Waals surface area contributed by atoms with Gasteiger partial charge in [-0.05, 0) is 25.0 Å². The molecule has 1 unspecified atom stereocenters. The van der Waals surface area contributed by atoms with Crippen molar-refractivity contribution in [2.75, 3.05) is 0 Å². The summed E-state index contributed by atoms with van der Waals surface area (Å²) < 4.78 is 5.42. The van der Waals surface area contributed by atoms with Crippen LogP contribution >= 0.6 is 0 Å². The topological polar surface area (TPSA) is 89.7 Å². The number of non-ortho nitro benzene ring substituents is 1. The van der Waals surface area contributed by atoms with E-state index < -0.39 is 17.0 Å². The number of benzene rings is 1. The van der Waals surface area contributed by atoms with Gasteiger partial charge in [0.1, 0.15) is 5.75 Å². The Morgan fingerprint density at radius 2 is 1.77 bits per heavy atom. The average Bonchev–Trinajstić information content (AvgIpc) is 2.49. The monoisotopic (exact) mass is 309 g/mol. The summed E-state index contributed by atoms with van der Waals surface area (Å²) in [6, 6.07) is 5.46. The van der Waals surface area contributed by atoms with E-state index in [4.69, 9.17) is 4.74 Å². The van der Waals surface area contributed by atoms with E-state index in [2.05, 4.69) is 6.92 Å². The maximum absolute atomic E-state index is 11.2. The number of nitro benzene ring substituents is 1. The number of hydrogen-bond donors (Lipinski definition) is 1. The summed E-state index contributed by atoms with van der Waals surface area (Å²) in [7, 11) is 0. The first-order chi connectivity index (χ1) is 10.5. The molecule has 0 aliphatic rings. The number of hydrogen-bond acceptors (Lipinski definition) is 4. The Balaban J connectivity index is 2.43. The van der Waals surface area contributed by atoms with Gasteiger partial charge in [-0.2, -0.15) is 0 Å². The lowest BCUT2D eigenvalue weighted by Gasteiger charge is -2.15. The summed E-state index contributed by atoms with van der Waals surface area (Å²) in [5.41, 5.74) is -0.0462. The molecule has 0 fully saturated rings. The van der Waals surface area contributed by atoms with E-state index in [1.807, 2.05) is 0 Å². The van der Waals surface area contributed by atoms with E-state index >= 15 is 0 Å². The lowest BCUT2D eigenvalue weighted by molar-refractivity contribution is -0.384. The molecular weight excluding hydrogens is 286 g/mol. The van der Waals surface area contributed by atoms with Crippen LogP contribution in [0.25, 0.3) is 0 Å². The zero-order valence-corrected chi connectivity index (χ0v) is 12.9. The van der Waals surface area contributed by atoms with Crippen LogP contribution in [0.15, 0.2) is 24.3 Å². The molecular formula is C16H23NO5. The first-order valence-electron chi connectivity index (χ1n) is 7.68. The van der Waals surface area contributed by atoms with Crippen molar-refractivity contribution >= 4 is 11.7 Å². The minimum Gasteiger partial charge on any atom is -0.479 e. The first kappa shape index (κ1) is 17.9. The highest BCUT2D eigenvalue weighted by Crippen LogP contribution is 2.20. The third-order valence-corrected chi connectivity index (χ3v) is 3.42. The molecule has 0 bridgehead atoms. The van der Waals surface area contributed by atoms with Crippen molar-refractivity contribution in [3.05, 3.63) is 34.4 Å². The van der Waals surface area contributed by atoms with E-state index in [0.29, 0.717) is 12.2 Å². The number of aliphatic carboxylic acids is 1. The summed E-state index contributed by atoms with van der Waals surface area (Å²) in [6.07, 6.45) is 6.00. The van der Waals surface area contributed by atoms with Crippen LogP contribution in [0.4, 0.5) is 5.69 Å². The summed E-state index contributed by atoms with van der Waals surface area (Å²) >= 11 is 0. The average molecular weight is 309 g/mol. The van der Waals surface area contributed by atoms with Crippen LogP contribution < -0.4 is 4.74 Å². The molecule has 0 saturated carbocycles. The van der Waals surface area contributed by atoms with E-state index in [-0.39, 0.29) is 5.69 Å². The maximum atomic E-state index is 11.2. The highest BCUT2D eigenvalue weighted by atomic mass is 16.6. The fourth-order valence-electron chi connectivity index (χ4n) is 2.15. The highest BCUT2D eigenvalue weighted by molar-refractivity contribution is 5.72. The van der Waals surface area contributed by atoms with Crippen LogP contribution in [-0.4, -0.2) is 22.1 Å². The minimum atomic E-state index is -1.01. The number of unbranched alkanes of at least 4 members (excludes halogenated alkanes) is 5. The maximum Gasteiger partial charge on any atom is 0.344 e. The first-order valence-corrected chi connectivity index (χ1v) is 7.68. The van der Waals surface area contributed by atoms with Gasteiger partial charge in [-0.3, -0.25) is 10.1 Å². The number of rotatable bonds is 11. The smallest absolute Gasteiger partial charge is 0.344 e. The van der Waals surface area contributed by atoms with Gasteiger partial charge in [-0.1, -0.05) is 39.0 Å². The highest BCUT2D eigenvalue weighted by Gasteiger charge is 2.19. The second kappa shape index (κ2) is 9.76. The zero-order chi connectivity index (χ0) is 16.4. The summed E-state index contributed by atoms with van der Waals surface area (Å²) in [5, 5.41) is 19.7. The van der Waals surface area contributed by atoms with E-state index in [1.165, 1.54) is 43.5 Å². The van der Waals surface area contributed by atoms with Crippen molar-refractivity contribution in [1.29, 1.82) is 0 Å². The lowest BCUT2D eigenvalue weighted by atomic mass is 10.1. The largest absolute Gasteiger partial charge is 0.479 e. The quantitative estimate of drug-likeness (QED) is 0.376. The van der Waals surface area contributed by atoms with Crippen molar-refractivity contribution in [2.24, 2.45) is 0 Å². The molecule has 6 nitrogen and oxygen atoms in total. The fraction of sp³-hybridized carbons (Fsp3) is 0.562. The number of nitrogens with zero attached hydrogens (tertiary/aromatic N) is 1. The number of carbonyl (C=O) groups is 1. The summed E-state index contributed by atoms with van der Waals surface area (Å²) in [6.45, 7) is 2.15. The SMILES string of the molecule is CCCCCCCCC(Oc1ccc([N+](=O)[O-])cc1)C(=O)O. The third-order valence-electron chi connectivity index (χ3n) is 3.42. The minimum absolute atomic E-state index is 0.0462. The molecule has 122 valence electrons. The molecule has 0 saturated heterocycles. The number of ether oxygens (including phenoxy) is 1. The Morgan fingerprint density at radius 1 is 1.18 bits per heavy atom. The van der Waals surface area contributed by atoms with Crippen LogP contribution in [0.5, 0.6) is 5.75 Å². The molecule has 1 rings (SSSR count). The predicted molar refractivity (Wildman–Crippen MR) is 83.1 cm³/mol. The van der Waals surface area contributed by atoms with Gasteiger partial charge in [-0.15, -0.1) is 0 Å². The van der Waals surface area contributed by atoms with Gasteiger partial charge >= 0.3 is 5.97 Å². The molecule has 0 aliphatic heterocycles. The normalized spacial score (nSPS) is 11.9. The Bertz CT molecular complexity index is 472. The standard InChI is InChI=1S/C16H23NO5/c1-2-3-4-5-6-7-8-15(16(18)19)22-14-11-9-13(10-12-14)17(20)21/h9-12,15H,2-8H2,1H3,(H,18,19). The molecule has 1 atom stereocenters. The van der Waals surface area contributed by atoms with Crippen molar-refractivity contribution in [3.8, 4) is 5.75 Å². The molecule has 0 radical (unpaired) electrons. The molecule has 22 heavy (non-hydrogen) atoms. The van der Waals surface area contributed by atoms with E-state index in [1.54, 1.807) is 0 Å². The molecule has 0 aliphatic carbocycles. The van der Waals surface area contributed by atoms with Crippen molar-refractivity contribution in [3.63, 3.8) is 0 Å². The second-order valence-corrected chi connectivity index (χ2v) is 5.25. The van der Waals surface area contributed by atoms with Crippen molar-refractivity contribution in [2.45, 2.75) is 58.0 Å². The van der Waals surface area contributed by atoms with Gasteiger partial charge < -0.3 is 9.84 Å².